The molecule has 7 rings (SSSR count). The zero-order valence-electron chi connectivity index (χ0n) is 24.9. The molecule has 5 N–H and O–H groups in total. The number of hydrogen-bond acceptors (Lipinski definition) is 12. The van der Waals surface area contributed by atoms with Gasteiger partial charge in [0, 0.05) is 24.5 Å². The molecule has 1 spiro atoms. The highest BCUT2D eigenvalue weighted by molar-refractivity contribution is 6.13. The van der Waals surface area contributed by atoms with Crippen LogP contribution >= 0.6 is 0 Å². The number of carboxylic acid groups (broad SMARTS) is 1. The number of fused-ring (bicyclic) bond motifs is 2. The lowest BCUT2D eigenvalue weighted by Gasteiger charge is -2.45. The number of carbonyl (C=O) groups excluding carboxylic acids is 4. The highest BCUT2D eigenvalue weighted by atomic mass is 16.6. The third-order valence-electron chi connectivity index (χ3n) is 9.34. The highest BCUT2D eigenvalue weighted by Crippen LogP contribution is 2.64. The average molecular weight is 635 g/mol. The number of carboxylic acids is 1. The molecule has 1 aliphatic heterocycles. The third kappa shape index (κ3) is 4.14. The van der Waals surface area contributed by atoms with Crippen molar-refractivity contribution in [1.29, 1.82) is 0 Å². The number of carbonyl (C=O) groups is 5. The van der Waals surface area contributed by atoms with Crippen molar-refractivity contribution in [3.63, 3.8) is 0 Å². The van der Waals surface area contributed by atoms with E-state index in [1.807, 2.05) is 0 Å². The van der Waals surface area contributed by atoms with Crippen LogP contribution in [-0.4, -0.2) is 73.8 Å². The number of aliphatic hydroxyl groups is 2. The van der Waals surface area contributed by atoms with E-state index in [1.165, 1.54) is 25.1 Å². The lowest BCUT2D eigenvalue weighted by molar-refractivity contribution is -0.172. The number of phenolic OH excluding ortho intramolecular Hbond substituents is 2. The van der Waals surface area contributed by atoms with Crippen molar-refractivity contribution in [1.82, 2.24) is 0 Å². The summed E-state index contributed by atoms with van der Waals surface area (Å²) in [6, 6.07) is 5.63. The number of methoxy groups -OCH3 is 1. The van der Waals surface area contributed by atoms with Crippen molar-refractivity contribution in [3.8, 4) is 17.2 Å². The second-order valence-corrected chi connectivity index (χ2v) is 12.1. The van der Waals surface area contributed by atoms with E-state index < -0.39 is 89.4 Å². The monoisotopic (exact) mass is 634 g/mol. The molecule has 2 aromatic rings. The Morgan fingerprint density at radius 1 is 1.09 bits per heavy atom. The summed E-state index contributed by atoms with van der Waals surface area (Å²) in [5.41, 5.74) is -3.62. The van der Waals surface area contributed by atoms with Crippen LogP contribution in [0.1, 0.15) is 77.7 Å². The van der Waals surface area contributed by atoms with Crippen molar-refractivity contribution in [2.24, 2.45) is 5.41 Å². The molecule has 5 aliphatic rings. The van der Waals surface area contributed by atoms with E-state index in [0.29, 0.717) is 5.57 Å². The molecule has 240 valence electrons. The summed E-state index contributed by atoms with van der Waals surface area (Å²) in [6.45, 7) is 2.80. The van der Waals surface area contributed by atoms with Crippen molar-refractivity contribution >= 4 is 35.2 Å². The molecule has 0 amide bonds. The summed E-state index contributed by atoms with van der Waals surface area (Å²) < 4.78 is 16.9. The Morgan fingerprint density at radius 3 is 2.46 bits per heavy atom. The first kappa shape index (κ1) is 30.8. The summed E-state index contributed by atoms with van der Waals surface area (Å²) in [5, 5.41) is 53.9. The van der Waals surface area contributed by atoms with Crippen LogP contribution in [0.2, 0.25) is 0 Å². The van der Waals surface area contributed by atoms with Crippen LogP contribution < -0.4 is 4.74 Å². The standard InChI is InChI=1S/C33H30O13/c1-13-10-32-11-15-9-18(36)25-19(37)12-33(31(43)44-3,20(38)7-8-21(39)40)46-29(25)23(15)22(13)27(41)26(32)28(42)24-16(5-4-6-17(24)35)30(32)45-14(2)34/h4-6,9-10,20,22,30,35-36,38,42H,7-8,11-12H2,1-3H3,(H,39,40)/t20?,22-,30-,32-,33+/m0/s1. The summed E-state index contributed by atoms with van der Waals surface area (Å²) in [5.74, 6) is -7.74. The molecular weight excluding hydrogens is 604 g/mol. The van der Waals surface area contributed by atoms with Gasteiger partial charge in [-0.25, -0.2) is 4.79 Å². The Morgan fingerprint density at radius 2 is 1.80 bits per heavy atom. The van der Waals surface area contributed by atoms with E-state index in [1.54, 1.807) is 19.1 Å². The van der Waals surface area contributed by atoms with Gasteiger partial charge in [0.25, 0.3) is 0 Å². The lowest BCUT2D eigenvalue weighted by Crippen LogP contribution is -2.58. The minimum absolute atomic E-state index is 0.0692. The first-order valence-corrected chi connectivity index (χ1v) is 14.4. The number of benzene rings is 2. The van der Waals surface area contributed by atoms with Crippen molar-refractivity contribution in [2.45, 2.75) is 63.3 Å². The van der Waals surface area contributed by atoms with E-state index >= 15 is 0 Å². The van der Waals surface area contributed by atoms with Gasteiger partial charge in [0.1, 0.15) is 40.8 Å². The van der Waals surface area contributed by atoms with Gasteiger partial charge in [-0.15, -0.1) is 0 Å². The smallest absolute Gasteiger partial charge is 0.353 e. The van der Waals surface area contributed by atoms with Crippen molar-refractivity contribution in [2.75, 3.05) is 7.11 Å². The van der Waals surface area contributed by atoms with E-state index in [-0.39, 0.29) is 51.3 Å². The number of esters is 2. The number of phenols is 2. The Balaban J connectivity index is 1.63. The Bertz CT molecular complexity index is 1830. The van der Waals surface area contributed by atoms with Gasteiger partial charge in [-0.05, 0) is 37.5 Å². The van der Waals surface area contributed by atoms with Gasteiger partial charge in [0.2, 0.25) is 5.60 Å². The summed E-state index contributed by atoms with van der Waals surface area (Å²) in [4.78, 5) is 65.3. The number of aliphatic carboxylic acids is 1. The molecule has 0 saturated carbocycles. The van der Waals surface area contributed by atoms with E-state index in [2.05, 4.69) is 0 Å². The van der Waals surface area contributed by atoms with Gasteiger partial charge in [-0.2, -0.15) is 0 Å². The zero-order valence-corrected chi connectivity index (χ0v) is 24.9. The van der Waals surface area contributed by atoms with E-state index in [0.717, 1.165) is 7.11 Å². The maximum Gasteiger partial charge on any atom is 0.353 e. The molecule has 2 aromatic carbocycles. The molecule has 0 saturated heterocycles. The van der Waals surface area contributed by atoms with Crippen molar-refractivity contribution < 1.29 is 63.7 Å². The fraction of sp³-hybridized carbons (Fsp3) is 0.364. The Kier molecular flexibility index (Phi) is 7.00. The number of Topliss-reactive ketones (excluding diaryl/α,β-unsaturated/α-hetero) is 2. The number of ether oxygens (including phenoxy) is 3. The van der Waals surface area contributed by atoms with E-state index in [9.17, 15) is 49.5 Å². The first-order valence-electron chi connectivity index (χ1n) is 14.4. The molecule has 0 radical (unpaired) electrons. The topological polar surface area (TPSA) is 214 Å². The van der Waals surface area contributed by atoms with E-state index in [4.69, 9.17) is 14.2 Å². The largest absolute Gasteiger partial charge is 0.507 e. The fourth-order valence-corrected chi connectivity index (χ4v) is 7.56. The summed E-state index contributed by atoms with van der Waals surface area (Å²) in [6.07, 6.45) is -3.45. The molecular formula is C33H30O13. The molecule has 4 aliphatic carbocycles. The van der Waals surface area contributed by atoms with Crippen LogP contribution in [0.15, 0.2) is 41.5 Å². The predicted octanol–water partition coefficient (Wildman–Crippen LogP) is 2.94. The first-order chi connectivity index (χ1) is 21.7. The van der Waals surface area contributed by atoms with Gasteiger partial charge in [-0.1, -0.05) is 23.8 Å². The molecule has 5 atom stereocenters. The number of allylic oxidation sites excluding steroid dienone is 1. The number of hydrogen-bond donors (Lipinski definition) is 5. The second kappa shape index (κ2) is 10.4. The van der Waals surface area contributed by atoms with Gasteiger partial charge >= 0.3 is 17.9 Å². The molecule has 1 unspecified atom stereocenters. The predicted molar refractivity (Wildman–Crippen MR) is 155 cm³/mol. The molecule has 13 heteroatoms. The average Bonchev–Trinajstić information content (AvgIpc) is 3.17. The van der Waals surface area contributed by atoms with Crippen LogP contribution in [0.25, 0.3) is 5.76 Å². The molecule has 46 heavy (non-hydrogen) atoms. The summed E-state index contributed by atoms with van der Waals surface area (Å²) in [7, 11) is 1.000. The Hall–Kier alpha value is -5.17. The molecule has 13 nitrogen and oxygen atoms in total. The van der Waals surface area contributed by atoms with Gasteiger partial charge in [0.05, 0.1) is 36.0 Å². The van der Waals surface area contributed by atoms with Crippen LogP contribution in [0.4, 0.5) is 0 Å². The minimum atomic E-state index is -2.42. The van der Waals surface area contributed by atoms with Crippen LogP contribution in [-0.2, 0) is 35.1 Å². The fourth-order valence-electron chi connectivity index (χ4n) is 7.56. The summed E-state index contributed by atoms with van der Waals surface area (Å²) >= 11 is 0. The highest BCUT2D eigenvalue weighted by Gasteiger charge is 2.61. The maximum atomic E-state index is 14.6. The zero-order chi connectivity index (χ0) is 33.5. The molecule has 0 fully saturated rings. The SMILES string of the molecule is COC(=O)[C@]1(C(O)CCC(=O)O)CC(=O)c2c(O)cc3c(c2O1)[C@H]1C(=O)C2=C(O)c4c(O)cccc4[C@H](OC(C)=O)[C@@]2(C=C1C)C3. The molecule has 2 bridgehead atoms. The maximum absolute atomic E-state index is 14.6. The van der Waals surface area contributed by atoms with Crippen LogP contribution in [0, 0.1) is 5.41 Å². The lowest BCUT2D eigenvalue weighted by atomic mass is 9.60. The Labute approximate surface area is 261 Å². The normalized spacial score (nSPS) is 26.4. The van der Waals surface area contributed by atoms with Crippen molar-refractivity contribution in [3.05, 3.63) is 69.3 Å². The quantitative estimate of drug-likeness (QED) is 0.229. The molecule has 0 aromatic heterocycles. The van der Waals surface area contributed by atoms with Gasteiger partial charge < -0.3 is 39.7 Å². The minimum Gasteiger partial charge on any atom is -0.507 e. The third-order valence-corrected chi connectivity index (χ3v) is 9.34. The molecule has 1 heterocycles. The number of ketones is 2. The number of rotatable bonds is 6. The van der Waals surface area contributed by atoms with Crippen LogP contribution in [0.3, 0.4) is 0 Å². The second-order valence-electron chi connectivity index (χ2n) is 12.1. The van der Waals surface area contributed by atoms with Gasteiger partial charge in [0.15, 0.2) is 11.6 Å². The van der Waals surface area contributed by atoms with Gasteiger partial charge in [-0.3, -0.25) is 19.2 Å². The van der Waals surface area contributed by atoms with Crippen LogP contribution in [0.5, 0.6) is 17.2 Å². The number of aromatic hydroxyl groups is 2. The number of aliphatic hydroxyl groups excluding tert-OH is 2.